The number of hydrogen-bond donors (Lipinski definition) is 3. The molecule has 0 saturated heterocycles. The van der Waals surface area contributed by atoms with Crippen LogP contribution in [0, 0.1) is 0 Å². The van der Waals surface area contributed by atoms with Crippen molar-refractivity contribution in [3.63, 3.8) is 0 Å². The predicted octanol–water partition coefficient (Wildman–Crippen LogP) is -0.539. The van der Waals surface area contributed by atoms with Gasteiger partial charge in [-0.05, 0) is 0 Å². The molecular weight excluding hydrogens is 181 g/mol. The van der Waals surface area contributed by atoms with Crippen LogP contribution in [0.5, 0.6) is 0 Å². The fraction of sp³-hybridized carbons (Fsp3) is 0. The number of phosphoric acid groups is 1. The molecular formula is C6H11Li2O4P. The Balaban J connectivity index is -0.000000136. The molecule has 1 aromatic rings. The third-order valence-corrected chi connectivity index (χ3v) is 0.667. The van der Waals surface area contributed by atoms with Gasteiger partial charge in [0.15, 0.2) is 0 Å². The van der Waals surface area contributed by atoms with E-state index < -0.39 is 7.82 Å². The molecule has 1 rings (SSSR count). The van der Waals surface area contributed by atoms with Gasteiger partial charge in [-0.2, -0.15) is 0 Å². The monoisotopic (exact) mass is 192 g/mol. The van der Waals surface area contributed by atoms with Crippen molar-refractivity contribution in [1.82, 2.24) is 0 Å². The minimum absolute atomic E-state index is 0. The molecule has 3 N–H and O–H groups in total. The summed E-state index contributed by atoms with van der Waals surface area (Å²) in [5.74, 6) is 0. The first-order valence-electron chi connectivity index (χ1n) is 2.78. The number of benzene rings is 1. The van der Waals surface area contributed by atoms with E-state index in [-0.39, 0.29) is 37.7 Å². The molecule has 0 spiro atoms. The van der Waals surface area contributed by atoms with Gasteiger partial charge in [-0.15, -0.1) is 0 Å². The van der Waals surface area contributed by atoms with Gasteiger partial charge in [0, 0.05) is 0 Å². The average molecular weight is 192 g/mol. The molecule has 1 aromatic carbocycles. The second-order valence-corrected chi connectivity index (χ2v) is 2.69. The summed E-state index contributed by atoms with van der Waals surface area (Å²) in [5.41, 5.74) is 0. The van der Waals surface area contributed by atoms with Crippen LogP contribution in [0.15, 0.2) is 36.4 Å². The zero-order valence-electron chi connectivity index (χ0n) is 5.66. The Kier molecular flexibility index (Phi) is 15.6. The molecule has 0 atom stereocenters. The van der Waals surface area contributed by atoms with Gasteiger partial charge in [0.05, 0.1) is 0 Å². The summed E-state index contributed by atoms with van der Waals surface area (Å²) in [6.45, 7) is 0. The molecule has 7 heteroatoms. The summed E-state index contributed by atoms with van der Waals surface area (Å²) in [6, 6.07) is 12.0. The standard InChI is InChI=1S/C6H6.2Li.H3O4P.2H/c1-2-4-6-5-3-1;;;1-5(2,3)4;;/h1-6H;;;(H3,1,2,3,4);;. The van der Waals surface area contributed by atoms with Crippen LogP contribution < -0.4 is 0 Å². The molecule has 13 heavy (non-hydrogen) atoms. The van der Waals surface area contributed by atoms with E-state index in [0.717, 1.165) is 0 Å². The Labute approximate surface area is 101 Å². The summed E-state index contributed by atoms with van der Waals surface area (Å²) < 4.78 is 8.88. The molecule has 0 aliphatic rings. The third kappa shape index (κ3) is 32.6. The van der Waals surface area contributed by atoms with Crippen LogP contribution in [0.1, 0.15) is 0 Å². The van der Waals surface area contributed by atoms with Crippen molar-refractivity contribution in [3.05, 3.63) is 36.4 Å². The maximum absolute atomic E-state index is 8.88. The quantitative estimate of drug-likeness (QED) is 0.381. The first-order chi connectivity index (χ1) is 5.00. The first-order valence-corrected chi connectivity index (χ1v) is 4.35. The fourth-order valence-electron chi connectivity index (χ4n) is 0.385. The van der Waals surface area contributed by atoms with Crippen molar-refractivity contribution in [2.45, 2.75) is 0 Å². The van der Waals surface area contributed by atoms with Crippen LogP contribution in [-0.2, 0) is 4.57 Å². The first kappa shape index (κ1) is 19.2. The van der Waals surface area contributed by atoms with E-state index in [0.29, 0.717) is 0 Å². The van der Waals surface area contributed by atoms with E-state index in [1.54, 1.807) is 0 Å². The third-order valence-electron chi connectivity index (χ3n) is 0.667. The molecule has 0 amide bonds. The molecule has 0 radical (unpaired) electrons. The SMILES string of the molecule is O=P(O)(O)O.[LiH].[LiH].c1ccccc1. The van der Waals surface area contributed by atoms with Crippen LogP contribution in [0.3, 0.4) is 0 Å². The van der Waals surface area contributed by atoms with Gasteiger partial charge in [-0.3, -0.25) is 0 Å². The van der Waals surface area contributed by atoms with E-state index >= 15 is 0 Å². The minimum atomic E-state index is -4.64. The predicted molar refractivity (Wildman–Crippen MR) is 55.0 cm³/mol. The number of rotatable bonds is 0. The van der Waals surface area contributed by atoms with Crippen molar-refractivity contribution in [2.75, 3.05) is 0 Å². The van der Waals surface area contributed by atoms with E-state index in [1.165, 1.54) is 0 Å². The second kappa shape index (κ2) is 10.6. The van der Waals surface area contributed by atoms with Crippen LogP contribution in [-0.4, -0.2) is 52.4 Å². The van der Waals surface area contributed by atoms with Crippen molar-refractivity contribution in [1.29, 1.82) is 0 Å². The smallest absolute Gasteiger partial charge is 0.0623 e. The molecule has 0 aliphatic carbocycles. The largest absolute Gasteiger partial charge is 0.0623 e. The summed E-state index contributed by atoms with van der Waals surface area (Å²) in [6.07, 6.45) is 0. The van der Waals surface area contributed by atoms with E-state index in [1.807, 2.05) is 36.4 Å². The van der Waals surface area contributed by atoms with E-state index in [4.69, 9.17) is 19.2 Å². The van der Waals surface area contributed by atoms with Crippen molar-refractivity contribution in [2.24, 2.45) is 0 Å². The number of hydrogen-bond acceptors (Lipinski definition) is 1. The Morgan fingerprint density at radius 1 is 0.692 bits per heavy atom. The molecule has 0 saturated carbocycles. The maximum Gasteiger partial charge on any atom is -0.0623 e. The normalized spacial score (nSPS) is 8.23. The van der Waals surface area contributed by atoms with E-state index in [2.05, 4.69) is 0 Å². The summed E-state index contributed by atoms with van der Waals surface area (Å²) in [7, 11) is -4.64. The summed E-state index contributed by atoms with van der Waals surface area (Å²) >= 11 is 0. The fourth-order valence-corrected chi connectivity index (χ4v) is 0.385. The molecule has 66 valence electrons. The van der Waals surface area contributed by atoms with Crippen molar-refractivity contribution < 1.29 is 19.2 Å². The molecule has 0 bridgehead atoms. The van der Waals surface area contributed by atoms with E-state index in [9.17, 15) is 0 Å². The summed E-state index contributed by atoms with van der Waals surface area (Å²) in [5, 5.41) is 0. The minimum Gasteiger partial charge on any atom is -0.0623 e. The zero-order chi connectivity index (χ0) is 8.74. The van der Waals surface area contributed by atoms with Gasteiger partial charge < -0.3 is 14.7 Å². The summed E-state index contributed by atoms with van der Waals surface area (Å²) in [4.78, 5) is 21.6. The molecule has 0 heterocycles. The second-order valence-electron chi connectivity index (χ2n) is 1.67. The van der Waals surface area contributed by atoms with Crippen LogP contribution in [0.25, 0.3) is 0 Å². The Bertz CT molecular complexity index is 190. The molecule has 4 nitrogen and oxygen atoms in total. The maximum atomic E-state index is 8.88. The van der Waals surface area contributed by atoms with Crippen LogP contribution >= 0.6 is 7.82 Å². The van der Waals surface area contributed by atoms with Crippen LogP contribution in [0.2, 0.25) is 0 Å². The van der Waals surface area contributed by atoms with Gasteiger partial charge >= 0.3 is 45.5 Å². The van der Waals surface area contributed by atoms with Gasteiger partial charge in [-0.1, -0.05) is 36.4 Å². The van der Waals surface area contributed by atoms with Gasteiger partial charge in [0.2, 0.25) is 0 Å². The van der Waals surface area contributed by atoms with Crippen LogP contribution in [0.4, 0.5) is 0 Å². The Hall–Kier alpha value is 0.525. The molecule has 0 unspecified atom stereocenters. The average Bonchev–Trinajstić information content (AvgIpc) is 1.88. The van der Waals surface area contributed by atoms with Gasteiger partial charge in [-0.25, -0.2) is 4.57 Å². The topological polar surface area (TPSA) is 77.8 Å². The molecule has 0 aliphatic heterocycles. The van der Waals surface area contributed by atoms with Crippen molar-refractivity contribution >= 4 is 45.5 Å². The van der Waals surface area contributed by atoms with Crippen molar-refractivity contribution in [3.8, 4) is 0 Å². The Morgan fingerprint density at radius 3 is 0.846 bits per heavy atom. The zero-order valence-corrected chi connectivity index (χ0v) is 6.56. The molecule has 0 fully saturated rings. The van der Waals surface area contributed by atoms with Gasteiger partial charge in [0.25, 0.3) is 0 Å². The molecule has 0 aromatic heterocycles. The van der Waals surface area contributed by atoms with Gasteiger partial charge in [0.1, 0.15) is 0 Å². The Morgan fingerprint density at radius 2 is 0.769 bits per heavy atom.